The van der Waals surface area contributed by atoms with Crippen molar-refractivity contribution in [1.29, 1.82) is 0 Å². The average Bonchev–Trinajstić information content (AvgIpc) is 2.66. The Morgan fingerprint density at radius 3 is 2.39 bits per heavy atom. The highest BCUT2D eigenvalue weighted by atomic mass is 19.4. The molecule has 0 atom stereocenters. The third-order valence-corrected chi connectivity index (χ3v) is 4.67. The lowest BCUT2D eigenvalue weighted by atomic mass is 9.83. The van der Waals surface area contributed by atoms with Gasteiger partial charge in [-0.25, -0.2) is 0 Å². The van der Waals surface area contributed by atoms with Gasteiger partial charge in [-0.05, 0) is 29.3 Å². The van der Waals surface area contributed by atoms with Gasteiger partial charge in [-0.15, -0.1) is 0 Å². The number of carbonyl (C=O) groups excluding carboxylic acids is 1. The van der Waals surface area contributed by atoms with Crippen LogP contribution in [0.2, 0.25) is 0 Å². The van der Waals surface area contributed by atoms with Crippen LogP contribution in [-0.4, -0.2) is 25.7 Å². The first kappa shape index (κ1) is 20.0. The monoisotopic (exact) mass is 393 g/mol. The number of nitrogens with one attached hydrogen (secondary N) is 1. The number of carbonyl (C=O) groups is 1. The van der Waals surface area contributed by atoms with Crippen molar-refractivity contribution < 1.29 is 27.4 Å². The summed E-state index contributed by atoms with van der Waals surface area (Å²) in [6, 6.07) is 10.5. The van der Waals surface area contributed by atoms with Crippen molar-refractivity contribution in [2.75, 3.05) is 19.8 Å². The maximum absolute atomic E-state index is 12.9. The van der Waals surface area contributed by atoms with E-state index in [1.165, 1.54) is 6.07 Å². The van der Waals surface area contributed by atoms with Gasteiger partial charge in [0, 0.05) is 12.0 Å². The summed E-state index contributed by atoms with van der Waals surface area (Å²) in [6.45, 7) is 4.78. The van der Waals surface area contributed by atoms with Crippen molar-refractivity contribution in [1.82, 2.24) is 5.32 Å². The van der Waals surface area contributed by atoms with Gasteiger partial charge in [-0.1, -0.05) is 38.1 Å². The normalized spacial score (nSPS) is 13.9. The highest BCUT2D eigenvalue weighted by molar-refractivity contribution is 5.79. The van der Waals surface area contributed by atoms with Gasteiger partial charge in [0.05, 0.1) is 12.0 Å². The van der Waals surface area contributed by atoms with E-state index in [0.29, 0.717) is 30.3 Å². The molecule has 0 aliphatic carbocycles. The Kier molecular flexibility index (Phi) is 5.54. The summed E-state index contributed by atoms with van der Waals surface area (Å²) in [5, 5.41) is 2.82. The van der Waals surface area contributed by atoms with E-state index in [0.717, 1.165) is 17.7 Å². The number of halogens is 3. The number of alkyl halides is 3. The van der Waals surface area contributed by atoms with Gasteiger partial charge in [0.1, 0.15) is 13.2 Å². The summed E-state index contributed by atoms with van der Waals surface area (Å²) < 4.78 is 49.8. The molecule has 0 unspecified atom stereocenters. The molecule has 0 radical (unpaired) electrons. The van der Waals surface area contributed by atoms with Gasteiger partial charge in [-0.2, -0.15) is 13.2 Å². The maximum Gasteiger partial charge on any atom is 0.416 e. The molecule has 0 aromatic heterocycles. The molecular weight excluding hydrogens is 371 g/mol. The summed E-state index contributed by atoms with van der Waals surface area (Å²) in [7, 11) is 0. The van der Waals surface area contributed by atoms with Crippen LogP contribution in [0.1, 0.15) is 30.5 Å². The second-order valence-corrected chi connectivity index (χ2v) is 7.39. The fourth-order valence-electron chi connectivity index (χ4n) is 2.98. The molecule has 7 heteroatoms. The second kappa shape index (κ2) is 7.73. The molecule has 0 saturated carbocycles. The van der Waals surface area contributed by atoms with Crippen molar-refractivity contribution in [3.63, 3.8) is 0 Å². The van der Waals surface area contributed by atoms with Crippen LogP contribution in [0.4, 0.5) is 13.2 Å². The zero-order chi connectivity index (χ0) is 20.4. The van der Waals surface area contributed by atoms with E-state index in [2.05, 4.69) is 5.32 Å². The third-order valence-electron chi connectivity index (χ3n) is 4.67. The minimum absolute atomic E-state index is 0.148. The van der Waals surface area contributed by atoms with Crippen molar-refractivity contribution in [3.8, 4) is 11.5 Å². The predicted molar refractivity (Wildman–Crippen MR) is 98.6 cm³/mol. The Labute approximate surface area is 161 Å². The van der Waals surface area contributed by atoms with Gasteiger partial charge in [0.25, 0.3) is 0 Å². The molecule has 1 heterocycles. The Morgan fingerprint density at radius 1 is 1.00 bits per heavy atom. The standard InChI is InChI=1S/C21H22F3NO3/c1-20(2,15-4-3-5-16(12-15)21(22,23)24)13-25-19(26)11-14-6-7-17-18(10-14)28-9-8-27-17/h3-7,10,12H,8-9,11,13H2,1-2H3,(H,25,26). The zero-order valence-electron chi connectivity index (χ0n) is 15.7. The number of fused-ring (bicyclic) bond motifs is 1. The SMILES string of the molecule is CC(C)(CNC(=O)Cc1ccc2c(c1)OCCO2)c1cccc(C(F)(F)F)c1. The fraction of sp³-hybridized carbons (Fsp3) is 0.381. The third kappa shape index (κ3) is 4.77. The fourth-order valence-corrected chi connectivity index (χ4v) is 2.98. The first-order valence-electron chi connectivity index (χ1n) is 8.98. The van der Waals surface area contributed by atoms with Crippen LogP contribution >= 0.6 is 0 Å². The average molecular weight is 393 g/mol. The van der Waals surface area contributed by atoms with Gasteiger partial charge in [0.15, 0.2) is 11.5 Å². The number of hydrogen-bond acceptors (Lipinski definition) is 3. The molecule has 2 aromatic carbocycles. The molecule has 1 aliphatic rings. The molecule has 0 saturated heterocycles. The first-order valence-corrected chi connectivity index (χ1v) is 8.98. The summed E-state index contributed by atoms with van der Waals surface area (Å²) >= 11 is 0. The molecule has 0 fully saturated rings. The molecule has 0 bridgehead atoms. The molecular formula is C21H22F3NO3. The highest BCUT2D eigenvalue weighted by Gasteiger charge is 2.32. The minimum atomic E-state index is -4.40. The van der Waals surface area contributed by atoms with Crippen LogP contribution in [-0.2, 0) is 22.8 Å². The largest absolute Gasteiger partial charge is 0.486 e. The van der Waals surface area contributed by atoms with E-state index in [-0.39, 0.29) is 18.9 Å². The number of ether oxygens (including phenoxy) is 2. The molecule has 150 valence electrons. The first-order chi connectivity index (χ1) is 13.1. The summed E-state index contributed by atoms with van der Waals surface area (Å²) in [6.07, 6.45) is -4.25. The summed E-state index contributed by atoms with van der Waals surface area (Å²) in [5.74, 6) is 1.05. The Bertz CT molecular complexity index is 862. The second-order valence-electron chi connectivity index (χ2n) is 7.39. The molecule has 1 aliphatic heterocycles. The number of amides is 1. The molecule has 3 rings (SSSR count). The van der Waals surface area contributed by atoms with Gasteiger partial charge >= 0.3 is 6.18 Å². The van der Waals surface area contributed by atoms with E-state index in [9.17, 15) is 18.0 Å². The van der Waals surface area contributed by atoms with Crippen LogP contribution in [0.5, 0.6) is 11.5 Å². The molecule has 0 spiro atoms. The van der Waals surface area contributed by atoms with Crippen LogP contribution < -0.4 is 14.8 Å². The van der Waals surface area contributed by atoms with Crippen molar-refractivity contribution in [2.24, 2.45) is 0 Å². The van der Waals surface area contributed by atoms with E-state index in [4.69, 9.17) is 9.47 Å². The lowest BCUT2D eigenvalue weighted by molar-refractivity contribution is -0.137. The van der Waals surface area contributed by atoms with Crippen molar-refractivity contribution >= 4 is 5.91 Å². The van der Waals surface area contributed by atoms with E-state index in [1.54, 1.807) is 38.1 Å². The summed E-state index contributed by atoms with van der Waals surface area (Å²) in [5.41, 5.74) is -0.0507. The number of hydrogen-bond donors (Lipinski definition) is 1. The van der Waals surface area contributed by atoms with Crippen molar-refractivity contribution in [2.45, 2.75) is 31.9 Å². The quantitative estimate of drug-likeness (QED) is 0.832. The highest BCUT2D eigenvalue weighted by Crippen LogP contribution is 2.33. The topological polar surface area (TPSA) is 47.6 Å². The van der Waals surface area contributed by atoms with Gasteiger partial charge in [-0.3, -0.25) is 4.79 Å². The number of benzene rings is 2. The Hall–Kier alpha value is -2.70. The predicted octanol–water partition coefficient (Wildman–Crippen LogP) is 4.11. The minimum Gasteiger partial charge on any atom is -0.486 e. The molecule has 1 N–H and O–H groups in total. The van der Waals surface area contributed by atoms with Gasteiger partial charge < -0.3 is 14.8 Å². The van der Waals surface area contributed by atoms with Crippen LogP contribution in [0.25, 0.3) is 0 Å². The molecule has 28 heavy (non-hydrogen) atoms. The van der Waals surface area contributed by atoms with E-state index < -0.39 is 17.2 Å². The molecule has 2 aromatic rings. The lowest BCUT2D eigenvalue weighted by Crippen LogP contribution is -2.37. The van der Waals surface area contributed by atoms with E-state index in [1.807, 2.05) is 0 Å². The summed E-state index contributed by atoms with van der Waals surface area (Å²) in [4.78, 5) is 12.3. The Morgan fingerprint density at radius 2 is 1.68 bits per heavy atom. The lowest BCUT2D eigenvalue weighted by Gasteiger charge is -2.26. The zero-order valence-corrected chi connectivity index (χ0v) is 15.7. The maximum atomic E-state index is 12.9. The molecule has 4 nitrogen and oxygen atoms in total. The van der Waals surface area contributed by atoms with Crippen molar-refractivity contribution in [3.05, 3.63) is 59.2 Å². The van der Waals surface area contributed by atoms with E-state index >= 15 is 0 Å². The number of rotatable bonds is 5. The van der Waals surface area contributed by atoms with Gasteiger partial charge in [0.2, 0.25) is 5.91 Å². The Balaban J connectivity index is 1.62. The van der Waals surface area contributed by atoms with Crippen LogP contribution in [0, 0.1) is 0 Å². The molecule has 1 amide bonds. The smallest absolute Gasteiger partial charge is 0.416 e. The van der Waals surface area contributed by atoms with Crippen LogP contribution in [0.3, 0.4) is 0 Å². The van der Waals surface area contributed by atoms with Crippen LogP contribution in [0.15, 0.2) is 42.5 Å².